The molecule has 2 aromatic rings. The summed E-state index contributed by atoms with van der Waals surface area (Å²) in [7, 11) is 0. The van der Waals surface area contributed by atoms with E-state index in [0.717, 1.165) is 15.7 Å². The summed E-state index contributed by atoms with van der Waals surface area (Å²) in [5, 5.41) is 15.8. The molecule has 0 saturated carbocycles. The van der Waals surface area contributed by atoms with Crippen molar-refractivity contribution < 1.29 is 5.11 Å². The van der Waals surface area contributed by atoms with Crippen LogP contribution in [0.25, 0.3) is 11.3 Å². The van der Waals surface area contributed by atoms with E-state index < -0.39 is 0 Å². The SMILES string of the molecule is Oc1ccc(-c2[nH]ncc2Br)cc1. The monoisotopic (exact) mass is 238 g/mol. The number of phenolic OH excluding ortho intramolecular Hbond substituents is 1. The van der Waals surface area contributed by atoms with Crippen LogP contribution >= 0.6 is 15.9 Å². The van der Waals surface area contributed by atoms with Crippen molar-refractivity contribution in [1.29, 1.82) is 0 Å². The molecule has 0 amide bonds. The Balaban J connectivity index is 2.47. The molecule has 3 nitrogen and oxygen atoms in total. The molecule has 2 N–H and O–H groups in total. The van der Waals surface area contributed by atoms with Crippen LogP contribution in [0.3, 0.4) is 0 Å². The number of benzene rings is 1. The van der Waals surface area contributed by atoms with E-state index in [0.29, 0.717) is 0 Å². The number of hydrogen-bond acceptors (Lipinski definition) is 2. The van der Waals surface area contributed by atoms with Crippen LogP contribution in [-0.2, 0) is 0 Å². The van der Waals surface area contributed by atoms with Crippen LogP contribution in [0.2, 0.25) is 0 Å². The largest absolute Gasteiger partial charge is 0.508 e. The average Bonchev–Trinajstić information content (AvgIpc) is 2.53. The fraction of sp³-hybridized carbons (Fsp3) is 0. The van der Waals surface area contributed by atoms with Gasteiger partial charge in [-0.05, 0) is 40.2 Å². The molecule has 0 aliphatic rings. The van der Waals surface area contributed by atoms with Gasteiger partial charge in [-0.3, -0.25) is 5.10 Å². The van der Waals surface area contributed by atoms with Crippen molar-refractivity contribution in [2.75, 3.05) is 0 Å². The molecule has 2 rings (SSSR count). The molecule has 0 spiro atoms. The van der Waals surface area contributed by atoms with Gasteiger partial charge in [-0.25, -0.2) is 0 Å². The summed E-state index contributed by atoms with van der Waals surface area (Å²) >= 11 is 3.37. The molecule has 0 unspecified atom stereocenters. The Hall–Kier alpha value is -1.29. The Morgan fingerprint density at radius 3 is 2.46 bits per heavy atom. The van der Waals surface area contributed by atoms with E-state index in [1.807, 2.05) is 12.1 Å². The van der Waals surface area contributed by atoms with E-state index in [4.69, 9.17) is 5.11 Å². The fourth-order valence-electron chi connectivity index (χ4n) is 1.10. The molecular formula is C9H7BrN2O. The van der Waals surface area contributed by atoms with Crippen molar-refractivity contribution in [3.63, 3.8) is 0 Å². The van der Waals surface area contributed by atoms with Crippen LogP contribution in [0, 0.1) is 0 Å². The summed E-state index contributed by atoms with van der Waals surface area (Å²) in [5.41, 5.74) is 1.90. The zero-order valence-electron chi connectivity index (χ0n) is 6.66. The normalized spacial score (nSPS) is 10.2. The molecular weight excluding hydrogens is 232 g/mol. The highest BCUT2D eigenvalue weighted by Crippen LogP contribution is 2.26. The maximum atomic E-state index is 9.09. The number of rotatable bonds is 1. The molecule has 0 aliphatic carbocycles. The maximum absolute atomic E-state index is 9.09. The molecule has 0 radical (unpaired) electrons. The van der Waals surface area contributed by atoms with Crippen molar-refractivity contribution >= 4 is 15.9 Å². The van der Waals surface area contributed by atoms with Crippen LogP contribution < -0.4 is 0 Å². The Kier molecular flexibility index (Phi) is 2.06. The van der Waals surface area contributed by atoms with Crippen LogP contribution in [-0.4, -0.2) is 15.3 Å². The molecule has 13 heavy (non-hydrogen) atoms. The highest BCUT2D eigenvalue weighted by Gasteiger charge is 2.03. The third-order valence-corrected chi connectivity index (χ3v) is 2.35. The van der Waals surface area contributed by atoms with E-state index in [-0.39, 0.29) is 5.75 Å². The van der Waals surface area contributed by atoms with Gasteiger partial charge in [-0.1, -0.05) is 0 Å². The number of aromatic amines is 1. The summed E-state index contributed by atoms with van der Waals surface area (Å²) < 4.78 is 0.915. The molecule has 1 aromatic carbocycles. The van der Waals surface area contributed by atoms with Crippen LogP contribution in [0.4, 0.5) is 0 Å². The van der Waals surface area contributed by atoms with Gasteiger partial charge < -0.3 is 5.11 Å². The third-order valence-electron chi connectivity index (χ3n) is 1.75. The number of H-pyrrole nitrogens is 1. The minimum atomic E-state index is 0.263. The third kappa shape index (κ3) is 1.58. The van der Waals surface area contributed by atoms with Crippen molar-refractivity contribution in [2.45, 2.75) is 0 Å². The highest BCUT2D eigenvalue weighted by atomic mass is 79.9. The minimum Gasteiger partial charge on any atom is -0.508 e. The van der Waals surface area contributed by atoms with E-state index >= 15 is 0 Å². The first-order valence-corrected chi connectivity index (χ1v) is 4.55. The lowest BCUT2D eigenvalue weighted by Gasteiger charge is -1.98. The Morgan fingerprint density at radius 2 is 1.92 bits per heavy atom. The first-order valence-electron chi connectivity index (χ1n) is 3.75. The zero-order chi connectivity index (χ0) is 9.26. The van der Waals surface area contributed by atoms with Gasteiger partial charge >= 0.3 is 0 Å². The van der Waals surface area contributed by atoms with Gasteiger partial charge in [0.1, 0.15) is 5.75 Å². The number of phenols is 1. The molecule has 0 bridgehead atoms. The predicted molar refractivity (Wildman–Crippen MR) is 53.4 cm³/mol. The van der Waals surface area contributed by atoms with Gasteiger partial charge in [0.15, 0.2) is 0 Å². The lowest BCUT2D eigenvalue weighted by Crippen LogP contribution is -1.77. The fourth-order valence-corrected chi connectivity index (χ4v) is 1.52. The topological polar surface area (TPSA) is 48.9 Å². The van der Waals surface area contributed by atoms with Gasteiger partial charge in [0.25, 0.3) is 0 Å². The Morgan fingerprint density at radius 1 is 1.23 bits per heavy atom. The van der Waals surface area contributed by atoms with Crippen LogP contribution in [0.15, 0.2) is 34.9 Å². The van der Waals surface area contributed by atoms with E-state index in [2.05, 4.69) is 26.1 Å². The molecule has 0 atom stereocenters. The van der Waals surface area contributed by atoms with Crippen molar-refractivity contribution in [3.8, 4) is 17.0 Å². The average molecular weight is 239 g/mol. The second-order valence-corrected chi connectivity index (χ2v) is 3.49. The van der Waals surface area contributed by atoms with Crippen molar-refractivity contribution in [1.82, 2.24) is 10.2 Å². The first-order chi connectivity index (χ1) is 6.27. The lowest BCUT2D eigenvalue weighted by atomic mass is 10.1. The summed E-state index contributed by atoms with van der Waals surface area (Å²) in [6.45, 7) is 0. The summed E-state index contributed by atoms with van der Waals surface area (Å²) in [5.74, 6) is 0.263. The van der Waals surface area contributed by atoms with Gasteiger partial charge in [-0.15, -0.1) is 0 Å². The highest BCUT2D eigenvalue weighted by molar-refractivity contribution is 9.10. The second-order valence-electron chi connectivity index (χ2n) is 2.64. The Labute approximate surface area is 83.5 Å². The van der Waals surface area contributed by atoms with E-state index in [1.165, 1.54) is 0 Å². The molecule has 4 heteroatoms. The predicted octanol–water partition coefficient (Wildman–Crippen LogP) is 2.54. The molecule has 0 saturated heterocycles. The van der Waals surface area contributed by atoms with Gasteiger partial charge in [0, 0.05) is 5.56 Å². The Bertz CT molecular complexity index is 408. The van der Waals surface area contributed by atoms with Crippen molar-refractivity contribution in [2.24, 2.45) is 0 Å². The molecule has 1 aromatic heterocycles. The first kappa shape index (κ1) is 8.31. The minimum absolute atomic E-state index is 0.263. The summed E-state index contributed by atoms with van der Waals surface area (Å²) in [6.07, 6.45) is 1.70. The van der Waals surface area contributed by atoms with E-state index in [9.17, 15) is 0 Å². The number of aromatic nitrogens is 2. The van der Waals surface area contributed by atoms with Crippen LogP contribution in [0.5, 0.6) is 5.75 Å². The number of nitrogens with one attached hydrogen (secondary N) is 1. The molecule has 0 fully saturated rings. The standard InChI is InChI=1S/C9H7BrN2O/c10-8-5-11-12-9(8)6-1-3-7(13)4-2-6/h1-5,13H,(H,11,12). The molecule has 66 valence electrons. The molecule has 0 aliphatic heterocycles. The van der Waals surface area contributed by atoms with Gasteiger partial charge in [-0.2, -0.15) is 5.10 Å². The lowest BCUT2D eigenvalue weighted by molar-refractivity contribution is 0.475. The van der Waals surface area contributed by atoms with Gasteiger partial charge in [0.2, 0.25) is 0 Å². The summed E-state index contributed by atoms with van der Waals surface area (Å²) in [4.78, 5) is 0. The van der Waals surface area contributed by atoms with E-state index in [1.54, 1.807) is 18.3 Å². The second kappa shape index (κ2) is 3.22. The quantitative estimate of drug-likeness (QED) is 0.803. The number of aromatic hydroxyl groups is 1. The molecule has 1 heterocycles. The van der Waals surface area contributed by atoms with Crippen LogP contribution in [0.1, 0.15) is 0 Å². The zero-order valence-corrected chi connectivity index (χ0v) is 8.25. The number of halogens is 1. The smallest absolute Gasteiger partial charge is 0.115 e. The summed E-state index contributed by atoms with van der Waals surface area (Å²) in [6, 6.07) is 6.94. The number of nitrogens with zero attached hydrogens (tertiary/aromatic N) is 1. The van der Waals surface area contributed by atoms with Gasteiger partial charge in [0.05, 0.1) is 16.4 Å². The maximum Gasteiger partial charge on any atom is 0.115 e. The van der Waals surface area contributed by atoms with Crippen molar-refractivity contribution in [3.05, 3.63) is 34.9 Å². The number of hydrogen-bond donors (Lipinski definition) is 2.